The fourth-order valence-electron chi connectivity index (χ4n) is 2.54. The molecule has 0 aromatic carbocycles. The van der Waals surface area contributed by atoms with Crippen LogP contribution in [0, 0.1) is 0 Å². The van der Waals surface area contributed by atoms with Crippen molar-refractivity contribution in [1.82, 2.24) is 10.0 Å². The zero-order valence-corrected chi connectivity index (χ0v) is 13.6. The lowest BCUT2D eigenvalue weighted by Crippen LogP contribution is -2.51. The first-order valence-corrected chi connectivity index (χ1v) is 9.24. The van der Waals surface area contributed by atoms with E-state index in [4.69, 9.17) is 5.73 Å². The highest BCUT2D eigenvalue weighted by molar-refractivity contribution is 7.91. The van der Waals surface area contributed by atoms with Crippen LogP contribution < -0.4 is 15.8 Å². The number of carbonyl (C=O) groups is 1. The molecule has 4 N–H and O–H groups in total. The Hall–Kier alpha value is -0.960. The van der Waals surface area contributed by atoms with E-state index in [-0.39, 0.29) is 10.1 Å². The Bertz CT molecular complexity index is 604. The van der Waals surface area contributed by atoms with Crippen molar-refractivity contribution in [3.8, 4) is 0 Å². The van der Waals surface area contributed by atoms with E-state index in [0.29, 0.717) is 13.1 Å². The Morgan fingerprint density at radius 1 is 1.38 bits per heavy atom. The van der Waals surface area contributed by atoms with Crippen molar-refractivity contribution in [2.45, 2.75) is 48.9 Å². The lowest BCUT2D eigenvalue weighted by atomic mass is 10.0. The van der Waals surface area contributed by atoms with Gasteiger partial charge in [-0.1, -0.05) is 12.8 Å². The van der Waals surface area contributed by atoms with Gasteiger partial charge in [-0.3, -0.25) is 4.79 Å². The van der Waals surface area contributed by atoms with Gasteiger partial charge < -0.3 is 11.1 Å². The molecule has 0 aliphatic heterocycles. The van der Waals surface area contributed by atoms with E-state index in [9.17, 15) is 13.2 Å². The maximum Gasteiger partial charge on any atom is 0.250 e. The molecule has 8 heteroatoms. The largest absolute Gasteiger partial charge is 0.351 e. The molecule has 0 bridgehead atoms. The first-order valence-electron chi connectivity index (χ1n) is 6.94. The quantitative estimate of drug-likeness (QED) is 0.722. The number of sulfonamides is 1. The second-order valence-electron chi connectivity index (χ2n) is 5.43. The summed E-state index contributed by atoms with van der Waals surface area (Å²) >= 11 is 1.17. The number of nitrogens with two attached hydrogens (primary N) is 1. The number of thiophene rings is 1. The van der Waals surface area contributed by atoms with Crippen LogP contribution in [-0.4, -0.2) is 26.4 Å². The molecule has 118 valence electrons. The van der Waals surface area contributed by atoms with E-state index in [0.717, 1.165) is 30.6 Å². The molecule has 0 radical (unpaired) electrons. The van der Waals surface area contributed by atoms with Gasteiger partial charge in [0.15, 0.2) is 0 Å². The molecule has 2 rings (SSSR count). The molecule has 1 saturated carbocycles. The smallest absolute Gasteiger partial charge is 0.250 e. The van der Waals surface area contributed by atoms with Crippen LogP contribution in [0.1, 0.15) is 37.5 Å². The van der Waals surface area contributed by atoms with Crippen LogP contribution in [0.3, 0.4) is 0 Å². The van der Waals surface area contributed by atoms with Gasteiger partial charge in [-0.25, -0.2) is 13.1 Å². The minimum Gasteiger partial charge on any atom is -0.351 e. The highest BCUT2D eigenvalue weighted by Crippen LogP contribution is 2.31. The van der Waals surface area contributed by atoms with Crippen molar-refractivity contribution in [3.05, 3.63) is 17.0 Å². The molecule has 0 saturated heterocycles. The molecule has 0 atom stereocenters. The van der Waals surface area contributed by atoms with Crippen LogP contribution in [0.5, 0.6) is 0 Å². The molecular formula is C13H21N3O3S2. The molecule has 1 heterocycles. The summed E-state index contributed by atoms with van der Waals surface area (Å²) in [5, 5.41) is 2.65. The van der Waals surface area contributed by atoms with E-state index in [2.05, 4.69) is 10.0 Å². The summed E-state index contributed by atoms with van der Waals surface area (Å²) in [6.07, 6.45) is 3.57. The van der Waals surface area contributed by atoms with Crippen LogP contribution in [-0.2, 0) is 21.4 Å². The van der Waals surface area contributed by atoms with Crippen molar-refractivity contribution in [2.24, 2.45) is 5.73 Å². The van der Waals surface area contributed by atoms with Crippen LogP contribution >= 0.6 is 11.3 Å². The molecule has 6 nitrogen and oxygen atoms in total. The standard InChI is InChI=1S/C13H21N3O3S2/c1-10(17)15-8-11-4-5-12(20-11)21(18,19)16-13(9-14)6-2-3-7-13/h4-5,16H,2-3,6-9,14H2,1H3,(H,15,17). The summed E-state index contributed by atoms with van der Waals surface area (Å²) in [6, 6.07) is 3.29. The summed E-state index contributed by atoms with van der Waals surface area (Å²) in [5.74, 6) is -0.140. The Balaban J connectivity index is 2.10. The van der Waals surface area contributed by atoms with Gasteiger partial charge in [0.25, 0.3) is 10.0 Å². The highest BCUT2D eigenvalue weighted by Gasteiger charge is 2.37. The fourth-order valence-corrected chi connectivity index (χ4v) is 5.31. The van der Waals surface area contributed by atoms with Crippen LogP contribution in [0.4, 0.5) is 0 Å². The maximum absolute atomic E-state index is 12.5. The summed E-state index contributed by atoms with van der Waals surface area (Å²) in [7, 11) is -3.56. The number of rotatable bonds is 6. The molecular weight excluding hydrogens is 310 g/mol. The monoisotopic (exact) mass is 331 g/mol. The molecule has 1 aliphatic rings. The van der Waals surface area contributed by atoms with E-state index in [1.165, 1.54) is 18.3 Å². The van der Waals surface area contributed by atoms with Crippen LogP contribution in [0.15, 0.2) is 16.3 Å². The molecule has 1 aromatic rings. The van der Waals surface area contributed by atoms with Crippen LogP contribution in [0.2, 0.25) is 0 Å². The van der Waals surface area contributed by atoms with Gasteiger partial charge in [-0.2, -0.15) is 0 Å². The minimum atomic E-state index is -3.56. The Morgan fingerprint density at radius 2 is 2.05 bits per heavy atom. The number of nitrogens with one attached hydrogen (secondary N) is 2. The zero-order chi connectivity index (χ0) is 15.5. The lowest BCUT2D eigenvalue weighted by Gasteiger charge is -2.27. The van der Waals surface area contributed by atoms with Crippen molar-refractivity contribution < 1.29 is 13.2 Å². The fraction of sp³-hybridized carbons (Fsp3) is 0.615. The third-order valence-electron chi connectivity index (χ3n) is 3.72. The number of amides is 1. The molecule has 1 aromatic heterocycles. The SMILES string of the molecule is CC(=O)NCc1ccc(S(=O)(=O)NC2(CN)CCCC2)s1. The van der Waals surface area contributed by atoms with E-state index >= 15 is 0 Å². The predicted molar refractivity (Wildman–Crippen MR) is 82.4 cm³/mol. The van der Waals surface area contributed by atoms with Crippen molar-refractivity contribution in [2.75, 3.05) is 6.54 Å². The Kier molecular flexibility index (Phi) is 5.03. The van der Waals surface area contributed by atoms with Gasteiger partial charge in [-0.15, -0.1) is 11.3 Å². The topological polar surface area (TPSA) is 101 Å². The molecule has 1 aliphatic carbocycles. The highest BCUT2D eigenvalue weighted by atomic mass is 32.2. The maximum atomic E-state index is 12.5. The molecule has 1 amide bonds. The van der Waals surface area contributed by atoms with Gasteiger partial charge >= 0.3 is 0 Å². The summed E-state index contributed by atoms with van der Waals surface area (Å²) < 4.78 is 28.0. The first kappa shape index (κ1) is 16.4. The van der Waals surface area contributed by atoms with Crippen LogP contribution in [0.25, 0.3) is 0 Å². The third-order valence-corrected chi connectivity index (χ3v) is 6.87. The minimum absolute atomic E-state index is 0.140. The van der Waals surface area contributed by atoms with Gasteiger partial charge in [-0.05, 0) is 25.0 Å². The molecule has 1 fully saturated rings. The summed E-state index contributed by atoms with van der Waals surface area (Å²) in [4.78, 5) is 11.7. The molecule has 0 spiro atoms. The van der Waals surface area contributed by atoms with Gasteiger partial charge in [0, 0.05) is 23.9 Å². The normalized spacial score (nSPS) is 17.8. The average Bonchev–Trinajstić information content (AvgIpc) is 3.05. The van der Waals surface area contributed by atoms with E-state index in [1.807, 2.05) is 0 Å². The third kappa shape index (κ3) is 4.03. The lowest BCUT2D eigenvalue weighted by molar-refractivity contribution is -0.119. The van der Waals surface area contributed by atoms with Crippen molar-refractivity contribution in [1.29, 1.82) is 0 Å². The first-order chi connectivity index (χ1) is 9.87. The Morgan fingerprint density at radius 3 is 2.62 bits per heavy atom. The summed E-state index contributed by atoms with van der Waals surface area (Å²) in [6.45, 7) is 2.09. The predicted octanol–water partition coefficient (Wildman–Crippen LogP) is 0.934. The van der Waals surface area contributed by atoms with Crippen molar-refractivity contribution in [3.63, 3.8) is 0 Å². The van der Waals surface area contributed by atoms with E-state index < -0.39 is 15.6 Å². The van der Waals surface area contributed by atoms with Gasteiger partial charge in [0.05, 0.1) is 6.54 Å². The zero-order valence-electron chi connectivity index (χ0n) is 12.0. The Labute approximate surface area is 129 Å². The van der Waals surface area contributed by atoms with E-state index in [1.54, 1.807) is 12.1 Å². The van der Waals surface area contributed by atoms with Crippen molar-refractivity contribution >= 4 is 27.3 Å². The number of hydrogen-bond donors (Lipinski definition) is 3. The number of hydrogen-bond acceptors (Lipinski definition) is 5. The second-order valence-corrected chi connectivity index (χ2v) is 8.51. The number of carbonyl (C=O) groups excluding carboxylic acids is 1. The van der Waals surface area contributed by atoms with Gasteiger partial charge in [0.1, 0.15) is 4.21 Å². The molecule has 21 heavy (non-hydrogen) atoms. The molecule has 0 unspecified atom stereocenters. The average molecular weight is 331 g/mol. The summed E-state index contributed by atoms with van der Waals surface area (Å²) in [5.41, 5.74) is 5.27. The van der Waals surface area contributed by atoms with Gasteiger partial charge in [0.2, 0.25) is 5.91 Å². The second kappa shape index (κ2) is 6.43.